The van der Waals surface area contributed by atoms with Crippen molar-refractivity contribution in [2.24, 2.45) is 17.4 Å². The maximum Gasteiger partial charge on any atom is 0.248 e. The average Bonchev–Trinajstić information content (AvgIpc) is 1.15. The molecule has 0 fully saturated rings. The number of benzene rings is 5. The number of fused-ring (bicyclic) bond motifs is 15. The first kappa shape index (κ1) is 65.5. The molecule has 26 heteroatoms. The lowest BCUT2D eigenvalue weighted by Gasteiger charge is -2.31. The van der Waals surface area contributed by atoms with Gasteiger partial charge < -0.3 is 94.1 Å². The molecule has 0 unspecified atom stereocenters. The Morgan fingerprint density at radius 1 is 0.607 bits per heavy atom. The van der Waals surface area contributed by atoms with Gasteiger partial charge in [0, 0.05) is 23.7 Å². The number of aromatic hydroxyl groups is 4. The van der Waals surface area contributed by atoms with Gasteiger partial charge in [0.25, 0.3) is 0 Å². The predicted molar refractivity (Wildman–Crippen MR) is 321 cm³/mol. The molecule has 26 nitrogen and oxygen atoms in total. The number of ether oxygens (including phenoxy) is 2. The van der Waals surface area contributed by atoms with Crippen LogP contribution in [0.1, 0.15) is 136 Å². The standard InChI is InChI=1S/C63H76N10O16/c1-31(2)24-41(66-3)57(81)72-52-54(78)32-12-17-37(18-13-32)88-45-26-35-27-46(56(45)80)89-38-19-14-33(15-20-38)55(79)53-63(87)71-51(59(83)67-23-11-9-7-5-4-6-8-10-22-64)40-28-36(74)29-44(76)48(40)39-25-34(16-21-43(39)75)49(60(84)73-53)70-61(85)50(35)69-58(82)42(30-47(65)77)68-62(52)86/h12-21,25-29,31,41-42,49-55,66,74-76,78-80H,4-11,22-24,30,64H2,1-3H3,(H2,65,77)(H,67,83)(H,68,86)(H,69,82)(H,70,85)(H,71,87)(H,72,81)(H,73,84)/t41-,42+,49-,50-,51+,52-,53+,54-,55-/m1/s1. The fraction of sp³-hybridized carbons (Fsp3) is 0.397. The topological polar surface area (TPSA) is 425 Å². The van der Waals surface area contributed by atoms with Crippen LogP contribution in [-0.4, -0.2) is 122 Å². The number of aliphatic hydroxyl groups is 2. The third-order valence-electron chi connectivity index (χ3n) is 15.6. The van der Waals surface area contributed by atoms with E-state index in [9.17, 15) is 54.6 Å². The van der Waals surface area contributed by atoms with Crippen LogP contribution in [0.5, 0.6) is 46.0 Å². The number of hydrogen-bond donors (Lipinski definition) is 16. The van der Waals surface area contributed by atoms with Gasteiger partial charge in [0.05, 0.1) is 12.5 Å². The molecule has 11 bridgehead atoms. The van der Waals surface area contributed by atoms with Crippen molar-refractivity contribution in [2.75, 3.05) is 20.1 Å². The van der Waals surface area contributed by atoms with E-state index in [1.54, 1.807) is 0 Å². The van der Waals surface area contributed by atoms with Crippen molar-refractivity contribution in [1.82, 2.24) is 42.5 Å². The van der Waals surface area contributed by atoms with Gasteiger partial charge in [0.2, 0.25) is 53.0 Å². The molecule has 5 aromatic carbocycles. The van der Waals surface area contributed by atoms with Gasteiger partial charge >= 0.3 is 0 Å². The van der Waals surface area contributed by atoms with Crippen molar-refractivity contribution in [3.8, 4) is 57.1 Å². The third-order valence-corrected chi connectivity index (χ3v) is 15.6. The highest BCUT2D eigenvalue weighted by molar-refractivity contribution is 6.00. The number of primary amides is 1. The third kappa shape index (κ3) is 16.0. The molecule has 18 N–H and O–H groups in total. The fourth-order valence-corrected chi connectivity index (χ4v) is 10.9. The Bertz CT molecular complexity index is 3440. The molecule has 5 aliphatic heterocycles. The van der Waals surface area contributed by atoms with Crippen molar-refractivity contribution in [1.29, 1.82) is 0 Å². The zero-order chi connectivity index (χ0) is 64.2. The van der Waals surface area contributed by atoms with Crippen molar-refractivity contribution >= 4 is 47.3 Å². The lowest BCUT2D eigenvalue weighted by atomic mass is 9.89. The number of carbonyl (C=O) groups is 8. The number of phenolic OH excluding ortho intramolecular Hbond substituents is 4. The summed E-state index contributed by atoms with van der Waals surface area (Å²) in [7, 11) is 1.53. The Labute approximate surface area is 512 Å². The second-order valence-electron chi connectivity index (χ2n) is 22.7. The first-order valence-corrected chi connectivity index (χ1v) is 29.5. The van der Waals surface area contributed by atoms with Crippen LogP contribution in [0.3, 0.4) is 0 Å². The molecule has 10 rings (SSSR count). The highest BCUT2D eigenvalue weighted by Crippen LogP contribution is 2.46. The molecule has 5 heterocycles. The minimum Gasteiger partial charge on any atom is -0.508 e. The number of rotatable bonds is 18. The second kappa shape index (κ2) is 29.5. The quantitative estimate of drug-likeness (QED) is 0.0560. The van der Waals surface area contributed by atoms with Crippen molar-refractivity contribution < 1.29 is 78.5 Å². The second-order valence-corrected chi connectivity index (χ2v) is 22.7. The summed E-state index contributed by atoms with van der Waals surface area (Å²) < 4.78 is 12.4. The lowest BCUT2D eigenvalue weighted by Crippen LogP contribution is -2.59. The van der Waals surface area contributed by atoms with Crippen LogP contribution >= 0.6 is 0 Å². The molecule has 89 heavy (non-hydrogen) atoms. The summed E-state index contributed by atoms with van der Waals surface area (Å²) in [5, 5.41) is 91.3. The summed E-state index contributed by atoms with van der Waals surface area (Å²) in [6.45, 7) is 4.49. The van der Waals surface area contributed by atoms with Crippen LogP contribution in [-0.2, 0) is 38.4 Å². The number of likely N-dealkylation sites (N-methyl/N-ethyl adjacent to an activating group) is 1. The number of nitrogens with two attached hydrogens (primary N) is 2. The van der Waals surface area contributed by atoms with Crippen molar-refractivity contribution in [3.63, 3.8) is 0 Å². The van der Waals surface area contributed by atoms with Crippen LogP contribution in [0.25, 0.3) is 11.1 Å². The Balaban J connectivity index is 1.26. The van der Waals surface area contributed by atoms with E-state index in [0.717, 1.165) is 75.3 Å². The molecule has 0 radical (unpaired) electrons. The number of carbonyl (C=O) groups excluding carboxylic acids is 8. The molecule has 5 aromatic rings. The fourth-order valence-electron chi connectivity index (χ4n) is 10.9. The molecule has 0 aromatic heterocycles. The van der Waals surface area contributed by atoms with E-state index >= 15 is 14.4 Å². The van der Waals surface area contributed by atoms with E-state index in [0.29, 0.717) is 19.4 Å². The van der Waals surface area contributed by atoms with Crippen LogP contribution < -0.4 is 63.5 Å². The molecular weight excluding hydrogens is 1150 g/mol. The van der Waals surface area contributed by atoms with Crippen LogP contribution in [0, 0.1) is 5.92 Å². The van der Waals surface area contributed by atoms with Gasteiger partial charge in [0.1, 0.15) is 77.2 Å². The molecule has 0 saturated heterocycles. The number of unbranched alkanes of at least 4 members (excludes halogenated alkanes) is 7. The van der Waals surface area contributed by atoms with E-state index in [2.05, 4.69) is 42.5 Å². The van der Waals surface area contributed by atoms with E-state index in [1.807, 2.05) is 13.8 Å². The first-order chi connectivity index (χ1) is 42.5. The summed E-state index contributed by atoms with van der Waals surface area (Å²) in [5.41, 5.74) is 10.1. The smallest absolute Gasteiger partial charge is 0.248 e. The van der Waals surface area contributed by atoms with Gasteiger partial charge in [0.15, 0.2) is 11.5 Å². The SMILES string of the molecule is CN[C@H](CC(C)C)C(=O)N[C@H]1C(=O)N[C@@H](CC(N)=O)C(=O)N[C@H]2C(=O)N[C@H]3C(=O)N[C@H](C(=O)N[C@H](C(=O)NCCCCCCCCCCN)c4cc(O)cc(O)c4-c4cc3ccc4O)[C@H](O)c3ccc(cc3)Oc3cc2cc(c3O)Oc2ccc(cc2)[C@H]1O. The molecule has 9 atom stereocenters. The summed E-state index contributed by atoms with van der Waals surface area (Å²) in [6.07, 6.45) is 2.77. The summed E-state index contributed by atoms with van der Waals surface area (Å²) >= 11 is 0. The molecule has 0 saturated carbocycles. The lowest BCUT2D eigenvalue weighted by molar-refractivity contribution is -0.138. The zero-order valence-corrected chi connectivity index (χ0v) is 49.3. The van der Waals surface area contributed by atoms with Crippen LogP contribution in [0.4, 0.5) is 0 Å². The number of aliphatic hydroxyl groups excluding tert-OH is 2. The van der Waals surface area contributed by atoms with Crippen LogP contribution in [0.15, 0.2) is 91.0 Å². The predicted octanol–water partition coefficient (Wildman–Crippen LogP) is 3.20. The normalized spacial score (nSPS) is 21.3. The first-order valence-electron chi connectivity index (χ1n) is 29.5. The van der Waals surface area contributed by atoms with Gasteiger partial charge in [-0.2, -0.15) is 0 Å². The molecule has 0 spiro atoms. The molecule has 5 aliphatic rings. The van der Waals surface area contributed by atoms with Gasteiger partial charge in [-0.05, 0) is 121 Å². The molecular formula is C63H76N10O16. The maximum absolute atomic E-state index is 15.5. The maximum atomic E-state index is 15.5. The summed E-state index contributed by atoms with van der Waals surface area (Å²) in [6, 6.07) is 5.93. The zero-order valence-electron chi connectivity index (χ0n) is 49.3. The van der Waals surface area contributed by atoms with Gasteiger partial charge in [-0.25, -0.2) is 0 Å². The van der Waals surface area contributed by atoms with Gasteiger partial charge in [-0.15, -0.1) is 0 Å². The average molecular weight is 1230 g/mol. The van der Waals surface area contributed by atoms with E-state index in [-0.39, 0.29) is 62.9 Å². The Hall–Kier alpha value is -9.50. The minimum atomic E-state index is -2.08. The Morgan fingerprint density at radius 3 is 1.76 bits per heavy atom. The van der Waals surface area contributed by atoms with E-state index < -0.39 is 143 Å². The largest absolute Gasteiger partial charge is 0.508 e. The Kier molecular flexibility index (Phi) is 21.7. The molecule has 0 aliphatic carbocycles. The van der Waals surface area contributed by atoms with Gasteiger partial charge in [-0.3, -0.25) is 38.4 Å². The summed E-state index contributed by atoms with van der Waals surface area (Å²) in [4.78, 5) is 116. The highest BCUT2D eigenvalue weighted by atomic mass is 16.5. The number of phenols is 4. The summed E-state index contributed by atoms with van der Waals surface area (Å²) in [5.74, 6) is -12.2. The van der Waals surface area contributed by atoms with Gasteiger partial charge in [-0.1, -0.05) is 82.7 Å². The number of hydrogen-bond acceptors (Lipinski definition) is 18. The number of amides is 8. The van der Waals surface area contributed by atoms with Crippen LogP contribution in [0.2, 0.25) is 0 Å². The number of nitrogens with one attached hydrogen (secondary N) is 8. The van der Waals surface area contributed by atoms with Crippen molar-refractivity contribution in [2.45, 2.75) is 133 Å². The monoisotopic (exact) mass is 1230 g/mol. The Morgan fingerprint density at radius 2 is 1.17 bits per heavy atom. The highest BCUT2D eigenvalue weighted by Gasteiger charge is 2.41. The molecule has 474 valence electrons. The van der Waals surface area contributed by atoms with Crippen molar-refractivity contribution in [3.05, 3.63) is 119 Å². The minimum absolute atomic E-state index is 0.00317. The molecule has 8 amide bonds. The van der Waals surface area contributed by atoms with E-state index in [4.69, 9.17) is 20.9 Å². The van der Waals surface area contributed by atoms with E-state index in [1.165, 1.54) is 67.7 Å².